The van der Waals surface area contributed by atoms with Crippen LogP contribution in [0.5, 0.6) is 0 Å². The Balaban J connectivity index is 0.000000360. The average Bonchev–Trinajstić information content (AvgIpc) is 1.72. The molecule has 0 fully saturated rings. The largest absolute Gasteiger partial charge is 0.0623 e. The van der Waals surface area contributed by atoms with Crippen molar-refractivity contribution in [3.05, 3.63) is 36.4 Å². The summed E-state index contributed by atoms with van der Waals surface area (Å²) in [5, 5.41) is 0. The van der Waals surface area contributed by atoms with Crippen LogP contribution in [0.4, 0.5) is 0 Å². The molecule has 1 heteroatoms. The SMILES string of the molecule is [Nd].c1ccccc1. The Bertz CT molecular complexity index is 76.1. The van der Waals surface area contributed by atoms with Crippen molar-refractivity contribution in [3.8, 4) is 0 Å². The minimum atomic E-state index is 0. The molecule has 1 aromatic carbocycles. The quantitative estimate of drug-likeness (QED) is 0.626. The van der Waals surface area contributed by atoms with E-state index >= 15 is 0 Å². The van der Waals surface area contributed by atoms with Crippen molar-refractivity contribution in [2.45, 2.75) is 0 Å². The topological polar surface area (TPSA) is 0 Å². The zero-order chi connectivity index (χ0) is 4.24. The fraction of sp³-hybridized carbons (Fsp3) is 0. The zero-order valence-corrected chi connectivity index (χ0v) is 7.17. The second kappa shape index (κ2) is 4.72. The summed E-state index contributed by atoms with van der Waals surface area (Å²) >= 11 is 0. The maximum Gasteiger partial charge on any atom is 0 e. The molecule has 0 aliphatic carbocycles. The predicted octanol–water partition coefficient (Wildman–Crippen LogP) is 1.69. The molecule has 0 amide bonds. The summed E-state index contributed by atoms with van der Waals surface area (Å²) in [5.74, 6) is 0. The van der Waals surface area contributed by atoms with E-state index in [1.807, 2.05) is 36.4 Å². The summed E-state index contributed by atoms with van der Waals surface area (Å²) in [6.45, 7) is 0. The van der Waals surface area contributed by atoms with Gasteiger partial charge in [-0.1, -0.05) is 36.4 Å². The predicted molar refractivity (Wildman–Crippen MR) is 26.4 cm³/mol. The maximum atomic E-state index is 2.00. The minimum Gasteiger partial charge on any atom is -0.0623 e. The molecular formula is C6H6Nd. The van der Waals surface area contributed by atoms with Crippen molar-refractivity contribution in [2.75, 3.05) is 0 Å². The van der Waals surface area contributed by atoms with Crippen LogP contribution in [0.2, 0.25) is 0 Å². The monoisotopic (exact) mass is 220 g/mol. The third-order valence-corrected chi connectivity index (χ3v) is 0.667. The molecule has 0 radical (unpaired) electrons. The molecule has 0 unspecified atom stereocenters. The fourth-order valence-corrected chi connectivity index (χ4v) is 0.385. The molecule has 1 aromatic rings. The summed E-state index contributed by atoms with van der Waals surface area (Å²) in [5.41, 5.74) is 0. The van der Waals surface area contributed by atoms with E-state index in [-0.39, 0.29) is 40.8 Å². The van der Waals surface area contributed by atoms with Crippen LogP contribution in [-0.2, 0) is 0 Å². The smallest absolute Gasteiger partial charge is 0 e. The van der Waals surface area contributed by atoms with Crippen LogP contribution in [0, 0.1) is 40.8 Å². The van der Waals surface area contributed by atoms with Crippen molar-refractivity contribution in [1.82, 2.24) is 0 Å². The second-order valence-corrected chi connectivity index (χ2v) is 1.15. The van der Waals surface area contributed by atoms with E-state index in [0.29, 0.717) is 0 Å². The van der Waals surface area contributed by atoms with E-state index in [1.165, 1.54) is 0 Å². The molecule has 7 heavy (non-hydrogen) atoms. The van der Waals surface area contributed by atoms with E-state index < -0.39 is 0 Å². The van der Waals surface area contributed by atoms with Crippen LogP contribution in [-0.4, -0.2) is 0 Å². The van der Waals surface area contributed by atoms with Crippen LogP contribution in [0.1, 0.15) is 0 Å². The van der Waals surface area contributed by atoms with Crippen molar-refractivity contribution in [3.63, 3.8) is 0 Å². The van der Waals surface area contributed by atoms with Crippen LogP contribution < -0.4 is 0 Å². The van der Waals surface area contributed by atoms with Crippen molar-refractivity contribution in [2.24, 2.45) is 0 Å². The van der Waals surface area contributed by atoms with Crippen LogP contribution >= 0.6 is 0 Å². The fourth-order valence-electron chi connectivity index (χ4n) is 0.385. The molecule has 34 valence electrons. The Morgan fingerprint density at radius 2 is 0.571 bits per heavy atom. The summed E-state index contributed by atoms with van der Waals surface area (Å²) in [6.07, 6.45) is 0. The molecule has 0 atom stereocenters. The first-order chi connectivity index (χ1) is 3.00. The Labute approximate surface area is 76.5 Å². The van der Waals surface area contributed by atoms with Gasteiger partial charge in [-0.3, -0.25) is 0 Å². The molecule has 0 aliphatic rings. The summed E-state index contributed by atoms with van der Waals surface area (Å²) in [7, 11) is 0. The molecule has 0 nitrogen and oxygen atoms in total. The van der Waals surface area contributed by atoms with Gasteiger partial charge in [0.2, 0.25) is 0 Å². The Kier molecular flexibility index (Phi) is 5.11. The van der Waals surface area contributed by atoms with Crippen molar-refractivity contribution >= 4 is 0 Å². The second-order valence-electron chi connectivity index (χ2n) is 1.15. The van der Waals surface area contributed by atoms with E-state index in [9.17, 15) is 0 Å². The van der Waals surface area contributed by atoms with E-state index in [1.54, 1.807) is 0 Å². The van der Waals surface area contributed by atoms with Gasteiger partial charge in [-0.05, 0) is 0 Å². The Morgan fingerprint density at radius 3 is 0.714 bits per heavy atom. The maximum absolute atomic E-state index is 2.00. The summed E-state index contributed by atoms with van der Waals surface area (Å²) in [6, 6.07) is 12.0. The normalized spacial score (nSPS) is 6.86. The summed E-state index contributed by atoms with van der Waals surface area (Å²) in [4.78, 5) is 0. The Morgan fingerprint density at radius 1 is 0.429 bits per heavy atom. The number of rotatable bonds is 0. The number of hydrogen-bond acceptors (Lipinski definition) is 0. The Hall–Kier alpha value is 0.571. The zero-order valence-electron chi connectivity index (χ0n) is 3.96. The van der Waals surface area contributed by atoms with Gasteiger partial charge < -0.3 is 0 Å². The van der Waals surface area contributed by atoms with Gasteiger partial charge in [-0.2, -0.15) is 0 Å². The van der Waals surface area contributed by atoms with Crippen molar-refractivity contribution < 1.29 is 40.8 Å². The molecule has 0 aromatic heterocycles. The van der Waals surface area contributed by atoms with E-state index in [4.69, 9.17) is 0 Å². The molecule has 1 rings (SSSR count). The van der Waals surface area contributed by atoms with Gasteiger partial charge >= 0.3 is 0 Å². The third kappa shape index (κ3) is 3.18. The first-order valence-electron chi connectivity index (χ1n) is 2.00. The number of benzene rings is 1. The molecule has 0 aliphatic heterocycles. The molecule has 0 heterocycles. The third-order valence-electron chi connectivity index (χ3n) is 0.667. The summed E-state index contributed by atoms with van der Waals surface area (Å²) < 4.78 is 0. The van der Waals surface area contributed by atoms with Crippen molar-refractivity contribution in [1.29, 1.82) is 0 Å². The van der Waals surface area contributed by atoms with E-state index in [0.717, 1.165) is 0 Å². The van der Waals surface area contributed by atoms with Gasteiger partial charge in [0.05, 0.1) is 0 Å². The first kappa shape index (κ1) is 7.57. The van der Waals surface area contributed by atoms with E-state index in [2.05, 4.69) is 0 Å². The molecular weight excluding hydrogens is 216 g/mol. The van der Waals surface area contributed by atoms with Gasteiger partial charge in [-0.15, -0.1) is 0 Å². The van der Waals surface area contributed by atoms with Gasteiger partial charge in [0.15, 0.2) is 0 Å². The van der Waals surface area contributed by atoms with Crippen LogP contribution in [0.15, 0.2) is 36.4 Å². The molecule has 0 bridgehead atoms. The minimum absolute atomic E-state index is 0. The number of hydrogen-bond donors (Lipinski definition) is 0. The van der Waals surface area contributed by atoms with Crippen LogP contribution in [0.25, 0.3) is 0 Å². The molecule has 0 saturated carbocycles. The van der Waals surface area contributed by atoms with Gasteiger partial charge in [0, 0.05) is 40.8 Å². The average molecular weight is 222 g/mol. The first-order valence-corrected chi connectivity index (χ1v) is 2.00. The van der Waals surface area contributed by atoms with Gasteiger partial charge in [-0.25, -0.2) is 0 Å². The standard InChI is InChI=1S/C6H6.Nd/c1-2-4-6-5-3-1;/h1-6H;. The molecule has 0 spiro atoms. The van der Waals surface area contributed by atoms with Gasteiger partial charge in [0.25, 0.3) is 0 Å². The van der Waals surface area contributed by atoms with Gasteiger partial charge in [0.1, 0.15) is 0 Å². The molecule has 0 saturated heterocycles. The van der Waals surface area contributed by atoms with Crippen LogP contribution in [0.3, 0.4) is 0 Å². The molecule has 0 N–H and O–H groups in total.